The van der Waals surface area contributed by atoms with Gasteiger partial charge in [0.05, 0.1) is 17.0 Å². The van der Waals surface area contributed by atoms with E-state index in [4.69, 9.17) is 10.5 Å². The van der Waals surface area contributed by atoms with Crippen LogP contribution in [-0.4, -0.2) is 43.0 Å². The zero-order valence-corrected chi connectivity index (χ0v) is 17.2. The summed E-state index contributed by atoms with van der Waals surface area (Å²) < 4.78 is 32.0. The van der Waals surface area contributed by atoms with Gasteiger partial charge in [-0.05, 0) is 67.9 Å². The predicted octanol–water partition coefficient (Wildman–Crippen LogP) is 2.96. The van der Waals surface area contributed by atoms with Crippen LogP contribution in [0.15, 0.2) is 36.4 Å². The van der Waals surface area contributed by atoms with Crippen LogP contribution < -0.4 is 15.8 Å². The first-order chi connectivity index (χ1) is 15.3. The number of alkyl halides is 2. The number of likely N-dealkylation sites (tertiary alicyclic amines) is 1. The highest BCUT2D eigenvalue weighted by Crippen LogP contribution is 2.45. The summed E-state index contributed by atoms with van der Waals surface area (Å²) in [6.07, 6.45) is -1.60. The van der Waals surface area contributed by atoms with E-state index in [1.807, 2.05) is 0 Å². The number of amides is 2. The second kappa shape index (κ2) is 8.55. The van der Waals surface area contributed by atoms with E-state index in [1.54, 1.807) is 18.2 Å². The van der Waals surface area contributed by atoms with E-state index < -0.39 is 23.3 Å². The van der Waals surface area contributed by atoms with Crippen molar-refractivity contribution in [2.24, 2.45) is 5.73 Å². The van der Waals surface area contributed by atoms with E-state index in [0.717, 1.165) is 17.3 Å². The summed E-state index contributed by atoms with van der Waals surface area (Å²) in [4.78, 5) is 26.2. The fraction of sp³-hybridized carbons (Fsp3) is 0.348. The number of hydrogen-bond donors (Lipinski definition) is 2. The average molecular weight is 440 g/mol. The van der Waals surface area contributed by atoms with Gasteiger partial charge in [0.1, 0.15) is 12.4 Å². The molecule has 1 saturated heterocycles. The fourth-order valence-corrected chi connectivity index (χ4v) is 4.47. The summed E-state index contributed by atoms with van der Waals surface area (Å²) in [5, 5.41) is 12.1. The number of carbonyl (C=O) groups is 2. The average Bonchev–Trinajstić information content (AvgIpc) is 3.05. The van der Waals surface area contributed by atoms with Gasteiger partial charge in [0.2, 0.25) is 11.8 Å². The summed E-state index contributed by atoms with van der Waals surface area (Å²) in [5.74, 6) is -0.701. The van der Waals surface area contributed by atoms with E-state index in [2.05, 4.69) is 16.3 Å². The molecular weight excluding hydrogens is 418 g/mol. The molecule has 0 bridgehead atoms. The van der Waals surface area contributed by atoms with Crippen molar-refractivity contribution in [2.75, 3.05) is 31.6 Å². The van der Waals surface area contributed by atoms with Gasteiger partial charge in [0.15, 0.2) is 0 Å². The fourth-order valence-electron chi connectivity index (χ4n) is 4.47. The molecule has 7 nitrogen and oxygen atoms in total. The third-order valence-corrected chi connectivity index (χ3v) is 6.26. The second-order valence-corrected chi connectivity index (χ2v) is 8.01. The molecule has 0 aliphatic carbocycles. The Morgan fingerprint density at radius 3 is 2.66 bits per heavy atom. The van der Waals surface area contributed by atoms with E-state index in [0.29, 0.717) is 38.0 Å². The lowest BCUT2D eigenvalue weighted by Crippen LogP contribution is -2.47. The van der Waals surface area contributed by atoms with Crippen molar-refractivity contribution in [3.63, 3.8) is 0 Å². The molecule has 166 valence electrons. The molecule has 2 aliphatic heterocycles. The maximum absolute atomic E-state index is 13.2. The molecule has 0 atom stereocenters. The third-order valence-electron chi connectivity index (χ3n) is 6.26. The van der Waals surface area contributed by atoms with Crippen molar-refractivity contribution in [3.05, 3.63) is 58.7 Å². The van der Waals surface area contributed by atoms with Gasteiger partial charge in [-0.2, -0.15) is 5.26 Å². The van der Waals surface area contributed by atoms with Crippen LogP contribution >= 0.6 is 0 Å². The molecule has 0 saturated carbocycles. The first-order valence-electron chi connectivity index (χ1n) is 10.3. The van der Waals surface area contributed by atoms with E-state index in [-0.39, 0.29) is 23.8 Å². The zero-order chi connectivity index (χ0) is 22.9. The number of primary amides is 1. The molecular formula is C23H22F2N4O3. The summed E-state index contributed by atoms with van der Waals surface area (Å²) in [7, 11) is 0. The maximum atomic E-state index is 13.2. The highest BCUT2D eigenvalue weighted by Gasteiger charge is 2.48. The van der Waals surface area contributed by atoms with Gasteiger partial charge in [-0.15, -0.1) is 0 Å². The Balaban J connectivity index is 1.36. The van der Waals surface area contributed by atoms with Crippen LogP contribution in [0.5, 0.6) is 5.75 Å². The van der Waals surface area contributed by atoms with Gasteiger partial charge in [-0.25, -0.2) is 8.78 Å². The number of piperidine rings is 1. The largest absolute Gasteiger partial charge is 0.492 e. The Hall–Kier alpha value is -3.51. The highest BCUT2D eigenvalue weighted by molar-refractivity contribution is 6.06. The number of halogens is 2. The lowest BCUT2D eigenvalue weighted by atomic mass is 9.73. The van der Waals surface area contributed by atoms with Crippen LogP contribution in [0.4, 0.5) is 14.5 Å². The lowest BCUT2D eigenvalue weighted by Gasteiger charge is -2.38. The molecule has 4 rings (SSSR count). The normalized spacial score (nSPS) is 17.1. The number of ether oxygens (including phenoxy) is 1. The first kappa shape index (κ1) is 21.7. The highest BCUT2D eigenvalue weighted by atomic mass is 19.3. The minimum absolute atomic E-state index is 0.0347. The molecule has 0 unspecified atom stereocenters. The van der Waals surface area contributed by atoms with Crippen molar-refractivity contribution < 1.29 is 23.1 Å². The zero-order valence-electron chi connectivity index (χ0n) is 17.2. The summed E-state index contributed by atoms with van der Waals surface area (Å²) in [6, 6.07) is 11.2. The Labute approximate surface area is 183 Å². The van der Waals surface area contributed by atoms with Crippen molar-refractivity contribution in [3.8, 4) is 11.8 Å². The van der Waals surface area contributed by atoms with Gasteiger partial charge in [0.25, 0.3) is 6.43 Å². The number of rotatable bonds is 6. The quantitative estimate of drug-likeness (QED) is 0.718. The summed E-state index contributed by atoms with van der Waals surface area (Å²) in [6.45, 7) is 2.16. The standard InChI is InChI=1S/C23H22F2N4O3/c24-20(25)17-12-15(2-3-16(17)21(27)30)32-10-9-29-7-5-23(6-8-29)18-11-14(13-26)1-4-19(18)28-22(23)31/h1-4,11-12,20H,5-10H2,(H2,27,30)(H,28,31). The van der Waals surface area contributed by atoms with Crippen LogP contribution in [0.1, 0.15) is 46.3 Å². The number of nitriles is 1. The first-order valence-corrected chi connectivity index (χ1v) is 10.3. The van der Waals surface area contributed by atoms with Gasteiger partial charge in [-0.3, -0.25) is 14.5 Å². The number of nitrogens with zero attached hydrogens (tertiary/aromatic N) is 2. The number of nitrogens with one attached hydrogen (secondary N) is 1. The number of benzene rings is 2. The van der Waals surface area contributed by atoms with Gasteiger partial charge < -0.3 is 15.8 Å². The van der Waals surface area contributed by atoms with Crippen LogP contribution in [0.25, 0.3) is 0 Å². The molecule has 32 heavy (non-hydrogen) atoms. The number of anilines is 1. The summed E-state index contributed by atoms with van der Waals surface area (Å²) in [5.41, 5.74) is 6.02. The van der Waals surface area contributed by atoms with Crippen molar-refractivity contribution in [2.45, 2.75) is 24.7 Å². The maximum Gasteiger partial charge on any atom is 0.264 e. The molecule has 0 radical (unpaired) electrons. The predicted molar refractivity (Wildman–Crippen MR) is 113 cm³/mol. The number of hydrogen-bond acceptors (Lipinski definition) is 5. The van der Waals surface area contributed by atoms with Gasteiger partial charge >= 0.3 is 0 Å². The van der Waals surface area contributed by atoms with Crippen LogP contribution in [0.2, 0.25) is 0 Å². The van der Waals surface area contributed by atoms with E-state index in [9.17, 15) is 23.6 Å². The Kier molecular flexibility index (Phi) is 5.80. The molecule has 2 aliphatic rings. The topological polar surface area (TPSA) is 108 Å². The van der Waals surface area contributed by atoms with Crippen LogP contribution in [-0.2, 0) is 10.2 Å². The molecule has 0 aromatic heterocycles. The van der Waals surface area contributed by atoms with Crippen molar-refractivity contribution in [1.82, 2.24) is 4.90 Å². The molecule has 1 spiro atoms. The third kappa shape index (κ3) is 3.89. The molecule has 2 amide bonds. The Morgan fingerprint density at radius 2 is 2.00 bits per heavy atom. The second-order valence-electron chi connectivity index (χ2n) is 8.01. The monoisotopic (exact) mass is 440 g/mol. The number of carbonyl (C=O) groups excluding carboxylic acids is 2. The molecule has 9 heteroatoms. The molecule has 2 aromatic rings. The Bertz CT molecular complexity index is 1100. The van der Waals surface area contributed by atoms with Gasteiger partial charge in [0, 0.05) is 23.4 Å². The molecule has 1 fully saturated rings. The smallest absolute Gasteiger partial charge is 0.264 e. The minimum Gasteiger partial charge on any atom is -0.492 e. The van der Waals surface area contributed by atoms with Crippen LogP contribution in [0, 0.1) is 11.3 Å². The van der Waals surface area contributed by atoms with E-state index in [1.165, 1.54) is 12.1 Å². The van der Waals surface area contributed by atoms with Crippen molar-refractivity contribution in [1.29, 1.82) is 5.26 Å². The number of fused-ring (bicyclic) bond motifs is 2. The minimum atomic E-state index is -2.83. The summed E-state index contributed by atoms with van der Waals surface area (Å²) >= 11 is 0. The Morgan fingerprint density at radius 1 is 1.25 bits per heavy atom. The molecule has 2 heterocycles. The van der Waals surface area contributed by atoms with Crippen molar-refractivity contribution >= 4 is 17.5 Å². The molecule has 3 N–H and O–H groups in total. The lowest BCUT2D eigenvalue weighted by molar-refractivity contribution is -0.122. The van der Waals surface area contributed by atoms with Gasteiger partial charge in [-0.1, -0.05) is 0 Å². The molecule has 2 aromatic carbocycles. The van der Waals surface area contributed by atoms with E-state index >= 15 is 0 Å². The number of nitrogens with two attached hydrogens (primary N) is 1. The van der Waals surface area contributed by atoms with Crippen LogP contribution in [0.3, 0.4) is 0 Å². The SMILES string of the molecule is N#Cc1ccc2c(c1)C1(CCN(CCOc3ccc(C(N)=O)c(C(F)F)c3)CC1)C(=O)N2.